The second kappa shape index (κ2) is 10.2. The molecule has 2 atom stereocenters. The average molecular weight is 359 g/mol. The summed E-state index contributed by atoms with van der Waals surface area (Å²) in [5.74, 6) is 3.32. The molecule has 3 rings (SSSR count). The highest BCUT2D eigenvalue weighted by Crippen LogP contribution is 2.45. The van der Waals surface area contributed by atoms with Crippen molar-refractivity contribution in [1.29, 1.82) is 0 Å². The first-order chi connectivity index (χ1) is 12.0. The van der Waals surface area contributed by atoms with Crippen LogP contribution in [-0.4, -0.2) is 23.6 Å². The summed E-state index contributed by atoms with van der Waals surface area (Å²) >= 11 is 0. The smallest absolute Gasteiger partial charge is 0.129 e. The molecule has 0 aromatic heterocycles. The van der Waals surface area contributed by atoms with E-state index in [-0.39, 0.29) is 5.92 Å². The summed E-state index contributed by atoms with van der Waals surface area (Å²) in [5, 5.41) is 9.45. The van der Waals surface area contributed by atoms with E-state index in [1.807, 2.05) is 0 Å². The van der Waals surface area contributed by atoms with Gasteiger partial charge in [-0.05, 0) is 81.0 Å². The van der Waals surface area contributed by atoms with Crippen molar-refractivity contribution in [1.82, 2.24) is 0 Å². The van der Waals surface area contributed by atoms with Gasteiger partial charge in [0, 0.05) is 0 Å². The lowest BCUT2D eigenvalue weighted by Gasteiger charge is -2.42. The Kier molecular flexibility index (Phi) is 8.64. The van der Waals surface area contributed by atoms with Gasteiger partial charge in [0.2, 0.25) is 0 Å². The monoisotopic (exact) mass is 358 g/mol. The molecule has 3 saturated carbocycles. The van der Waals surface area contributed by atoms with E-state index in [1.165, 1.54) is 44.9 Å². The van der Waals surface area contributed by atoms with Crippen LogP contribution in [0.15, 0.2) is 0 Å². The minimum atomic E-state index is -1.38. The Bertz CT molecular complexity index is 347. The number of hydrogen-bond acceptors (Lipinski definition) is 1. The van der Waals surface area contributed by atoms with Crippen molar-refractivity contribution in [3.63, 3.8) is 0 Å². The van der Waals surface area contributed by atoms with Crippen LogP contribution in [0.1, 0.15) is 91.4 Å². The second-order valence-electron chi connectivity index (χ2n) is 9.16. The summed E-state index contributed by atoms with van der Waals surface area (Å²) in [5.41, 5.74) is 0. The number of aliphatic hydroxyl groups is 1. The van der Waals surface area contributed by atoms with Crippen molar-refractivity contribution < 1.29 is 13.9 Å². The lowest BCUT2D eigenvalue weighted by Crippen LogP contribution is -2.42. The Morgan fingerprint density at radius 3 is 1.40 bits per heavy atom. The van der Waals surface area contributed by atoms with Gasteiger partial charge in [0.1, 0.15) is 18.4 Å². The van der Waals surface area contributed by atoms with Gasteiger partial charge < -0.3 is 5.11 Å². The zero-order valence-electron chi connectivity index (χ0n) is 16.6. The average Bonchev–Trinajstić information content (AvgIpc) is 2.61. The fourth-order valence-electron chi connectivity index (χ4n) is 5.41. The zero-order valence-corrected chi connectivity index (χ0v) is 16.6. The second-order valence-corrected chi connectivity index (χ2v) is 9.16. The van der Waals surface area contributed by atoms with Gasteiger partial charge in [-0.3, -0.25) is 0 Å². The van der Waals surface area contributed by atoms with Gasteiger partial charge in [-0.2, -0.15) is 0 Å². The number of aliphatic hydroxyl groups excluding tert-OH is 1. The van der Waals surface area contributed by atoms with Crippen LogP contribution in [-0.2, 0) is 0 Å². The summed E-state index contributed by atoms with van der Waals surface area (Å²) in [7, 11) is 0. The predicted octanol–water partition coefficient (Wildman–Crippen LogP) is 6.48. The molecule has 0 aromatic rings. The van der Waals surface area contributed by atoms with Crippen LogP contribution in [0.5, 0.6) is 0 Å². The molecule has 0 saturated heterocycles. The number of hydrogen-bond donors (Lipinski definition) is 1. The van der Waals surface area contributed by atoms with Crippen LogP contribution in [0.4, 0.5) is 8.78 Å². The molecule has 3 aliphatic rings. The van der Waals surface area contributed by atoms with Crippen molar-refractivity contribution >= 4 is 0 Å². The van der Waals surface area contributed by atoms with Crippen molar-refractivity contribution in [2.75, 3.05) is 0 Å². The Balaban J connectivity index is 0.000000701. The third-order valence-corrected chi connectivity index (χ3v) is 7.01. The van der Waals surface area contributed by atoms with Gasteiger partial charge in [-0.15, -0.1) is 0 Å². The number of alkyl halides is 2. The molecule has 0 aliphatic heterocycles. The van der Waals surface area contributed by atoms with Gasteiger partial charge in [0.25, 0.3) is 0 Å². The Morgan fingerprint density at radius 2 is 1.00 bits per heavy atom. The van der Waals surface area contributed by atoms with Crippen LogP contribution in [0.2, 0.25) is 0 Å². The summed E-state index contributed by atoms with van der Waals surface area (Å²) in [4.78, 5) is 0. The van der Waals surface area contributed by atoms with Gasteiger partial charge in [0.05, 0.1) is 0 Å². The third kappa shape index (κ3) is 5.91. The molecule has 0 heterocycles. The molecule has 0 bridgehead atoms. The highest BCUT2D eigenvalue weighted by atomic mass is 19.1. The maximum atomic E-state index is 13.7. The third-order valence-electron chi connectivity index (χ3n) is 7.01. The van der Waals surface area contributed by atoms with Crippen LogP contribution < -0.4 is 0 Å². The molecule has 3 heteroatoms. The molecule has 3 aliphatic carbocycles. The van der Waals surface area contributed by atoms with Gasteiger partial charge in [-0.25, -0.2) is 8.78 Å². The Hall–Kier alpha value is -0.180. The molecular formula is C22H40F2O. The van der Waals surface area contributed by atoms with Crippen LogP contribution in [0.3, 0.4) is 0 Å². The zero-order chi connectivity index (χ0) is 18.4. The first kappa shape index (κ1) is 21.1. The fourth-order valence-corrected chi connectivity index (χ4v) is 5.41. The van der Waals surface area contributed by atoms with E-state index in [9.17, 15) is 13.9 Å². The van der Waals surface area contributed by atoms with Gasteiger partial charge in [-0.1, -0.05) is 40.0 Å². The molecule has 148 valence electrons. The van der Waals surface area contributed by atoms with E-state index >= 15 is 0 Å². The summed E-state index contributed by atoms with van der Waals surface area (Å²) in [6.07, 6.45) is 8.29. The first-order valence-corrected chi connectivity index (χ1v) is 10.9. The maximum absolute atomic E-state index is 13.7. The summed E-state index contributed by atoms with van der Waals surface area (Å²) < 4.78 is 27.5. The Morgan fingerprint density at radius 1 is 0.680 bits per heavy atom. The van der Waals surface area contributed by atoms with E-state index in [4.69, 9.17) is 0 Å². The van der Waals surface area contributed by atoms with Crippen LogP contribution in [0, 0.1) is 29.6 Å². The molecular weight excluding hydrogens is 318 g/mol. The van der Waals surface area contributed by atoms with E-state index in [1.54, 1.807) is 0 Å². The molecule has 0 radical (unpaired) electrons. The van der Waals surface area contributed by atoms with E-state index in [0.29, 0.717) is 18.8 Å². The quantitative estimate of drug-likeness (QED) is 0.599. The van der Waals surface area contributed by atoms with Crippen molar-refractivity contribution in [3.05, 3.63) is 0 Å². The van der Waals surface area contributed by atoms with Crippen molar-refractivity contribution in [2.24, 2.45) is 29.6 Å². The fraction of sp³-hybridized carbons (Fsp3) is 1.00. The van der Waals surface area contributed by atoms with Gasteiger partial charge in [0.15, 0.2) is 0 Å². The first-order valence-electron chi connectivity index (χ1n) is 10.9. The molecule has 1 nitrogen and oxygen atoms in total. The largest absolute Gasteiger partial charge is 0.387 e. The topological polar surface area (TPSA) is 20.2 Å². The molecule has 25 heavy (non-hydrogen) atoms. The number of rotatable bonds is 2. The van der Waals surface area contributed by atoms with Gasteiger partial charge >= 0.3 is 0 Å². The minimum absolute atomic E-state index is 0.153. The van der Waals surface area contributed by atoms with Crippen LogP contribution in [0.25, 0.3) is 0 Å². The van der Waals surface area contributed by atoms with E-state index in [2.05, 4.69) is 20.8 Å². The van der Waals surface area contributed by atoms with Crippen LogP contribution >= 0.6 is 0 Å². The molecule has 0 spiro atoms. The van der Waals surface area contributed by atoms with E-state index in [0.717, 1.165) is 30.6 Å². The normalized spacial score (nSPS) is 45.4. The molecule has 1 N–H and O–H groups in total. The standard InChI is InChI=1S/C19H32F2O.C3H8/c1-12-2-4-13(5-3-12)14-6-8-15(9-7-14)16-10-17(20)19(22)18(21)11-16;1-3-2/h12-19,22H,2-11H2,1H3;3H2,1-2H3. The molecule has 0 amide bonds. The lowest BCUT2D eigenvalue weighted by molar-refractivity contribution is -0.0504. The van der Waals surface area contributed by atoms with E-state index < -0.39 is 18.4 Å². The molecule has 3 fully saturated rings. The minimum Gasteiger partial charge on any atom is -0.387 e. The summed E-state index contributed by atoms with van der Waals surface area (Å²) in [6, 6.07) is 0. The highest BCUT2D eigenvalue weighted by Gasteiger charge is 2.41. The Labute approximate surface area is 154 Å². The van der Waals surface area contributed by atoms with Crippen molar-refractivity contribution in [2.45, 2.75) is 110 Å². The van der Waals surface area contributed by atoms with Crippen molar-refractivity contribution in [3.8, 4) is 0 Å². The SMILES string of the molecule is CC1CCC(C2CCC(C3CC(F)C(O)C(F)C3)CC2)CC1.CCC. The molecule has 2 unspecified atom stereocenters. The lowest BCUT2D eigenvalue weighted by atomic mass is 9.65. The highest BCUT2D eigenvalue weighted by molar-refractivity contribution is 4.91. The summed E-state index contributed by atoms with van der Waals surface area (Å²) in [6.45, 7) is 6.62. The number of halogens is 2. The maximum Gasteiger partial charge on any atom is 0.129 e. The molecule has 0 aromatic carbocycles. The predicted molar refractivity (Wildman–Crippen MR) is 101 cm³/mol.